The molecule has 31 heavy (non-hydrogen) atoms. The maximum Gasteiger partial charge on any atom is 0.274 e. The summed E-state index contributed by atoms with van der Waals surface area (Å²) < 4.78 is 1.42. The van der Waals surface area contributed by atoms with Gasteiger partial charge in [-0.1, -0.05) is 24.8 Å². The number of carbonyl (C=O) groups excluding carboxylic acids is 1. The van der Waals surface area contributed by atoms with Crippen LogP contribution in [0.5, 0.6) is 0 Å². The van der Waals surface area contributed by atoms with E-state index in [4.69, 9.17) is 0 Å². The van der Waals surface area contributed by atoms with Gasteiger partial charge < -0.3 is 5.32 Å². The third-order valence-electron chi connectivity index (χ3n) is 5.44. The summed E-state index contributed by atoms with van der Waals surface area (Å²) in [6, 6.07) is 11.5. The molecule has 2 heterocycles. The van der Waals surface area contributed by atoms with Crippen LogP contribution in [0.4, 0.5) is 0 Å². The van der Waals surface area contributed by atoms with Gasteiger partial charge in [0.2, 0.25) is 0 Å². The number of carbonyl (C=O) groups is 1. The fraction of sp³-hybridized carbons (Fsp3) is 0.167. The van der Waals surface area contributed by atoms with Gasteiger partial charge in [-0.15, -0.1) is 0 Å². The van der Waals surface area contributed by atoms with E-state index in [9.17, 15) is 9.59 Å². The molecule has 5 rings (SSSR count). The van der Waals surface area contributed by atoms with Crippen LogP contribution in [0.15, 0.2) is 66.4 Å². The molecule has 0 aliphatic heterocycles. The fourth-order valence-corrected chi connectivity index (χ4v) is 3.61. The summed E-state index contributed by atoms with van der Waals surface area (Å²) in [4.78, 5) is 25.7. The lowest BCUT2D eigenvalue weighted by atomic mass is 10.0. The molecule has 7 nitrogen and oxygen atoms in total. The standard InChI is InChI=1S/C24H21N5O2/c1-2-15-7-16(9-19(8-15)23(30)28-21-5-6-21)14-29-24(31)22-10-17(20-11-25-26-12-20)3-4-18(22)13-27-29/h2-4,7-13,21H,1,5-6,14H2,(H,25,26)(H,28,30). The van der Waals surface area contributed by atoms with Gasteiger partial charge >= 0.3 is 0 Å². The molecular formula is C24H21N5O2. The minimum Gasteiger partial charge on any atom is -0.349 e. The number of aromatic nitrogens is 4. The molecule has 154 valence electrons. The van der Waals surface area contributed by atoms with Crippen LogP contribution < -0.4 is 10.9 Å². The van der Waals surface area contributed by atoms with Crippen LogP contribution in [0, 0.1) is 0 Å². The second-order valence-electron chi connectivity index (χ2n) is 7.81. The molecule has 1 amide bonds. The summed E-state index contributed by atoms with van der Waals surface area (Å²) in [5.74, 6) is -0.101. The van der Waals surface area contributed by atoms with E-state index in [1.165, 1.54) is 4.68 Å². The molecule has 2 aromatic carbocycles. The number of nitrogens with zero attached hydrogens (tertiary/aromatic N) is 3. The van der Waals surface area contributed by atoms with Crippen molar-refractivity contribution in [2.24, 2.45) is 0 Å². The number of amides is 1. The van der Waals surface area contributed by atoms with Gasteiger partial charge in [-0.3, -0.25) is 14.7 Å². The van der Waals surface area contributed by atoms with Gasteiger partial charge in [0.05, 0.1) is 24.3 Å². The van der Waals surface area contributed by atoms with Crippen LogP contribution in [-0.2, 0) is 6.54 Å². The Morgan fingerprint density at radius 2 is 2.06 bits per heavy atom. The van der Waals surface area contributed by atoms with Crippen LogP contribution in [-0.4, -0.2) is 31.9 Å². The quantitative estimate of drug-likeness (QED) is 0.509. The van der Waals surface area contributed by atoms with E-state index >= 15 is 0 Å². The zero-order chi connectivity index (χ0) is 21.4. The molecule has 1 fully saturated rings. The Morgan fingerprint density at radius 1 is 1.19 bits per heavy atom. The number of rotatable bonds is 6. The van der Waals surface area contributed by atoms with Crippen molar-refractivity contribution in [3.8, 4) is 11.1 Å². The summed E-state index contributed by atoms with van der Waals surface area (Å²) in [6.07, 6.45) is 8.94. The second kappa shape index (κ2) is 7.68. The van der Waals surface area contributed by atoms with E-state index in [0.29, 0.717) is 10.9 Å². The lowest BCUT2D eigenvalue weighted by molar-refractivity contribution is 0.0951. The van der Waals surface area contributed by atoms with Crippen LogP contribution >= 0.6 is 0 Å². The Labute approximate surface area is 178 Å². The Kier molecular flexibility index (Phi) is 4.71. The molecule has 0 radical (unpaired) electrons. The van der Waals surface area contributed by atoms with Gasteiger partial charge in [0.1, 0.15) is 0 Å². The largest absolute Gasteiger partial charge is 0.349 e. The maximum atomic E-state index is 13.2. The average molecular weight is 411 g/mol. The van der Waals surface area contributed by atoms with Crippen molar-refractivity contribution in [1.29, 1.82) is 0 Å². The first-order valence-electron chi connectivity index (χ1n) is 10.2. The molecule has 2 N–H and O–H groups in total. The van der Waals surface area contributed by atoms with E-state index in [1.54, 1.807) is 24.7 Å². The molecule has 0 spiro atoms. The van der Waals surface area contributed by atoms with E-state index in [0.717, 1.165) is 40.5 Å². The van der Waals surface area contributed by atoms with Crippen molar-refractivity contribution in [3.63, 3.8) is 0 Å². The van der Waals surface area contributed by atoms with Crippen molar-refractivity contribution >= 4 is 22.8 Å². The predicted molar refractivity (Wildman–Crippen MR) is 120 cm³/mol. The zero-order valence-electron chi connectivity index (χ0n) is 16.8. The lowest BCUT2D eigenvalue weighted by Crippen LogP contribution is -2.26. The first kappa shape index (κ1) is 19.0. The Morgan fingerprint density at radius 3 is 2.81 bits per heavy atom. The fourth-order valence-electron chi connectivity index (χ4n) is 3.61. The molecule has 1 saturated carbocycles. The molecule has 0 bridgehead atoms. The number of hydrogen-bond donors (Lipinski definition) is 2. The number of hydrogen-bond acceptors (Lipinski definition) is 4. The highest BCUT2D eigenvalue weighted by molar-refractivity contribution is 5.95. The van der Waals surface area contributed by atoms with Crippen molar-refractivity contribution in [1.82, 2.24) is 25.3 Å². The molecule has 0 atom stereocenters. The van der Waals surface area contributed by atoms with E-state index < -0.39 is 0 Å². The van der Waals surface area contributed by atoms with Gasteiger partial charge in [0, 0.05) is 28.8 Å². The van der Waals surface area contributed by atoms with Crippen LogP contribution in [0.2, 0.25) is 0 Å². The Bertz CT molecular complexity index is 1350. The Balaban J connectivity index is 1.51. The van der Waals surface area contributed by atoms with Gasteiger partial charge in [0.15, 0.2) is 0 Å². The van der Waals surface area contributed by atoms with Crippen LogP contribution in [0.25, 0.3) is 28.0 Å². The Hall–Kier alpha value is -4.00. The van der Waals surface area contributed by atoms with Gasteiger partial charge in [-0.25, -0.2) is 4.68 Å². The van der Waals surface area contributed by atoms with E-state index in [1.807, 2.05) is 36.4 Å². The molecule has 0 unspecified atom stereocenters. The average Bonchev–Trinajstić information content (AvgIpc) is 3.43. The zero-order valence-corrected chi connectivity index (χ0v) is 16.8. The molecule has 1 aliphatic rings. The number of nitrogens with one attached hydrogen (secondary N) is 2. The third-order valence-corrected chi connectivity index (χ3v) is 5.44. The number of H-pyrrole nitrogens is 1. The van der Waals surface area contributed by atoms with Gasteiger partial charge in [0.25, 0.3) is 11.5 Å². The first-order chi connectivity index (χ1) is 15.1. The van der Waals surface area contributed by atoms with Gasteiger partial charge in [-0.2, -0.15) is 10.2 Å². The summed E-state index contributed by atoms with van der Waals surface area (Å²) in [6.45, 7) is 4.08. The van der Waals surface area contributed by atoms with Crippen LogP contribution in [0.1, 0.15) is 34.3 Å². The summed E-state index contributed by atoms with van der Waals surface area (Å²) >= 11 is 0. The van der Waals surface area contributed by atoms with E-state index in [2.05, 4.69) is 27.2 Å². The van der Waals surface area contributed by atoms with Crippen molar-refractivity contribution in [2.75, 3.05) is 0 Å². The summed E-state index contributed by atoms with van der Waals surface area (Å²) in [5, 5.41) is 15.5. The summed E-state index contributed by atoms with van der Waals surface area (Å²) in [7, 11) is 0. The van der Waals surface area contributed by atoms with Crippen molar-refractivity contribution < 1.29 is 4.79 Å². The number of aromatic amines is 1. The molecule has 7 heteroatoms. The van der Waals surface area contributed by atoms with Crippen molar-refractivity contribution in [3.05, 3.63) is 88.6 Å². The minimum absolute atomic E-state index is 0.101. The predicted octanol–water partition coefficient (Wildman–Crippen LogP) is 3.37. The molecular weight excluding hydrogens is 390 g/mol. The highest BCUT2D eigenvalue weighted by Gasteiger charge is 2.24. The SMILES string of the molecule is C=Cc1cc(Cn2ncc3ccc(-c4cn[nH]c4)cc3c2=O)cc(C(=O)NC2CC2)c1. The highest BCUT2D eigenvalue weighted by atomic mass is 16.2. The highest BCUT2D eigenvalue weighted by Crippen LogP contribution is 2.22. The summed E-state index contributed by atoms with van der Waals surface area (Å²) in [5.41, 5.74) is 3.84. The number of fused-ring (bicyclic) bond motifs is 1. The van der Waals surface area contributed by atoms with E-state index in [-0.39, 0.29) is 24.1 Å². The molecule has 4 aromatic rings. The minimum atomic E-state index is -0.184. The second-order valence-corrected chi connectivity index (χ2v) is 7.81. The maximum absolute atomic E-state index is 13.2. The van der Waals surface area contributed by atoms with Crippen molar-refractivity contribution in [2.45, 2.75) is 25.4 Å². The molecule has 2 aromatic heterocycles. The molecule has 0 saturated heterocycles. The third kappa shape index (κ3) is 3.90. The number of benzene rings is 2. The first-order valence-corrected chi connectivity index (χ1v) is 10.2. The topological polar surface area (TPSA) is 92.7 Å². The molecule has 1 aliphatic carbocycles. The normalized spacial score (nSPS) is 13.3. The van der Waals surface area contributed by atoms with Gasteiger partial charge in [-0.05, 0) is 53.8 Å². The monoisotopic (exact) mass is 411 g/mol. The smallest absolute Gasteiger partial charge is 0.274 e. The van der Waals surface area contributed by atoms with Crippen LogP contribution in [0.3, 0.4) is 0 Å². The lowest BCUT2D eigenvalue weighted by Gasteiger charge is -2.10.